The first-order valence-corrected chi connectivity index (χ1v) is 9.90. The van der Waals surface area contributed by atoms with Gasteiger partial charge < -0.3 is 19.8 Å². The van der Waals surface area contributed by atoms with Gasteiger partial charge in [0.05, 0.1) is 25.0 Å². The van der Waals surface area contributed by atoms with Crippen molar-refractivity contribution in [1.29, 1.82) is 0 Å². The summed E-state index contributed by atoms with van der Waals surface area (Å²) in [5.74, 6) is 0.149. The molecule has 0 radical (unpaired) electrons. The van der Waals surface area contributed by atoms with Gasteiger partial charge in [0.2, 0.25) is 0 Å². The molecular weight excluding hydrogens is 340 g/mol. The Labute approximate surface area is 160 Å². The van der Waals surface area contributed by atoms with E-state index in [1.165, 1.54) is 29.3 Å². The molecule has 1 saturated heterocycles. The van der Waals surface area contributed by atoms with Gasteiger partial charge in [0.1, 0.15) is 0 Å². The first kappa shape index (κ1) is 18.1. The fraction of sp³-hybridized carbons (Fsp3) is 0.500. The van der Waals surface area contributed by atoms with E-state index in [9.17, 15) is 4.79 Å². The van der Waals surface area contributed by atoms with E-state index in [4.69, 9.17) is 9.47 Å². The average molecular weight is 368 g/mol. The van der Waals surface area contributed by atoms with Gasteiger partial charge in [-0.2, -0.15) is 0 Å². The van der Waals surface area contributed by atoms with Crippen molar-refractivity contribution < 1.29 is 14.3 Å². The third-order valence-corrected chi connectivity index (χ3v) is 6.13. The zero-order valence-corrected chi connectivity index (χ0v) is 16.2. The number of hydrogen-bond donors (Lipinski definition) is 2. The number of H-pyrrole nitrogens is 1. The molecule has 2 aliphatic rings. The number of carbonyl (C=O) groups excluding carboxylic acids is 1. The molecule has 2 aliphatic heterocycles. The van der Waals surface area contributed by atoms with Crippen molar-refractivity contribution >= 4 is 16.9 Å². The van der Waals surface area contributed by atoms with E-state index in [-0.39, 0.29) is 30.0 Å². The van der Waals surface area contributed by atoms with Gasteiger partial charge in [0, 0.05) is 41.0 Å². The number of hydrogen-bond acceptors (Lipinski definition) is 4. The van der Waals surface area contributed by atoms with E-state index in [0.29, 0.717) is 5.57 Å². The predicted molar refractivity (Wildman–Crippen MR) is 105 cm³/mol. The number of piperidine rings is 1. The van der Waals surface area contributed by atoms with Gasteiger partial charge in [0.25, 0.3) is 0 Å². The fourth-order valence-electron chi connectivity index (χ4n) is 4.73. The van der Waals surface area contributed by atoms with Crippen LogP contribution in [0.3, 0.4) is 0 Å². The molecule has 0 spiro atoms. The van der Waals surface area contributed by atoms with Gasteiger partial charge in [-0.15, -0.1) is 0 Å². The molecule has 5 heteroatoms. The molecule has 3 heterocycles. The number of aryl methyl sites for hydroxylation is 1. The summed E-state index contributed by atoms with van der Waals surface area (Å²) in [4.78, 5) is 15.9. The summed E-state index contributed by atoms with van der Waals surface area (Å²) in [7, 11) is 1.44. The SMILES string of the molecule is CCCc1c([C@@H]2C[C@@H]3C(C(=O)OC)=CO[C@@H](C)[C@H]3CN2)[nH]c2ccccc12. The normalized spacial score (nSPS) is 27.6. The van der Waals surface area contributed by atoms with Crippen molar-refractivity contribution in [2.75, 3.05) is 13.7 Å². The maximum absolute atomic E-state index is 12.3. The average Bonchev–Trinajstić information content (AvgIpc) is 3.06. The Morgan fingerprint density at radius 1 is 1.33 bits per heavy atom. The van der Waals surface area contributed by atoms with Crippen LogP contribution in [0.15, 0.2) is 36.1 Å². The summed E-state index contributed by atoms with van der Waals surface area (Å²) >= 11 is 0. The number of fused-ring (bicyclic) bond motifs is 2. The van der Waals surface area contributed by atoms with Crippen LogP contribution in [0, 0.1) is 11.8 Å². The fourth-order valence-corrected chi connectivity index (χ4v) is 4.73. The summed E-state index contributed by atoms with van der Waals surface area (Å²) in [5, 5.41) is 5.02. The van der Waals surface area contributed by atoms with Crippen LogP contribution in [0.1, 0.15) is 44.0 Å². The van der Waals surface area contributed by atoms with E-state index < -0.39 is 0 Å². The number of methoxy groups -OCH3 is 1. The van der Waals surface area contributed by atoms with Crippen LogP contribution in [-0.2, 0) is 20.7 Å². The summed E-state index contributed by atoms with van der Waals surface area (Å²) in [5.41, 5.74) is 4.51. The second kappa shape index (κ2) is 7.39. The lowest BCUT2D eigenvalue weighted by molar-refractivity contribution is -0.138. The van der Waals surface area contributed by atoms with Crippen molar-refractivity contribution in [1.82, 2.24) is 10.3 Å². The highest BCUT2D eigenvalue weighted by Crippen LogP contribution is 2.42. The molecule has 5 nitrogen and oxygen atoms in total. The van der Waals surface area contributed by atoms with Crippen molar-refractivity contribution in [3.8, 4) is 0 Å². The summed E-state index contributed by atoms with van der Waals surface area (Å²) in [6.45, 7) is 5.12. The molecule has 4 atom stereocenters. The Morgan fingerprint density at radius 2 is 2.15 bits per heavy atom. The monoisotopic (exact) mass is 368 g/mol. The predicted octanol–water partition coefficient (Wildman–Crippen LogP) is 3.86. The lowest BCUT2D eigenvalue weighted by Gasteiger charge is -2.42. The standard InChI is InChI=1S/C22H28N2O3/c1-4-7-15-14-8-5-6-9-19(14)24-21(15)20-10-16-17(11-23-20)13(2)27-12-18(16)22(25)26-3/h5-6,8-9,12-13,16-17,20,23-24H,4,7,10-11H2,1-3H3/t13-,16-,17+,20-/m0/s1. The lowest BCUT2D eigenvalue weighted by Crippen LogP contribution is -2.47. The number of carbonyl (C=O) groups is 1. The lowest BCUT2D eigenvalue weighted by atomic mass is 9.74. The molecule has 1 aromatic heterocycles. The maximum Gasteiger partial charge on any atom is 0.337 e. The van der Waals surface area contributed by atoms with Crippen molar-refractivity contribution in [3.63, 3.8) is 0 Å². The molecule has 1 fully saturated rings. The summed E-state index contributed by atoms with van der Waals surface area (Å²) in [6.07, 6.45) is 4.73. The number of ether oxygens (including phenoxy) is 2. The van der Waals surface area contributed by atoms with Gasteiger partial charge in [0.15, 0.2) is 0 Å². The topological polar surface area (TPSA) is 63.4 Å². The molecule has 27 heavy (non-hydrogen) atoms. The smallest absolute Gasteiger partial charge is 0.337 e. The molecule has 0 unspecified atom stereocenters. The van der Waals surface area contributed by atoms with E-state index >= 15 is 0 Å². The van der Waals surface area contributed by atoms with Crippen LogP contribution < -0.4 is 5.32 Å². The zero-order chi connectivity index (χ0) is 19.0. The van der Waals surface area contributed by atoms with Gasteiger partial charge in [-0.3, -0.25) is 0 Å². The van der Waals surface area contributed by atoms with Gasteiger partial charge in [-0.25, -0.2) is 4.79 Å². The highest BCUT2D eigenvalue weighted by molar-refractivity contribution is 5.89. The number of aromatic amines is 1. The van der Waals surface area contributed by atoms with Crippen molar-refractivity contribution in [2.45, 2.75) is 45.3 Å². The minimum absolute atomic E-state index is 0.0923. The number of para-hydroxylation sites is 1. The molecule has 0 amide bonds. The van der Waals surface area contributed by atoms with E-state index in [2.05, 4.69) is 48.4 Å². The first-order valence-electron chi connectivity index (χ1n) is 9.90. The molecule has 4 rings (SSSR count). The zero-order valence-electron chi connectivity index (χ0n) is 16.2. The molecule has 0 saturated carbocycles. The third-order valence-electron chi connectivity index (χ3n) is 6.13. The van der Waals surface area contributed by atoms with Crippen LogP contribution in [0.5, 0.6) is 0 Å². The van der Waals surface area contributed by atoms with Crippen molar-refractivity contribution in [3.05, 3.63) is 47.4 Å². The van der Waals surface area contributed by atoms with Crippen LogP contribution in [0.2, 0.25) is 0 Å². The number of esters is 1. The summed E-state index contributed by atoms with van der Waals surface area (Å²) < 4.78 is 10.7. The Kier molecular flexibility index (Phi) is 4.96. The minimum atomic E-state index is -0.275. The molecule has 0 bridgehead atoms. The summed E-state index contributed by atoms with van der Waals surface area (Å²) in [6, 6.07) is 8.70. The largest absolute Gasteiger partial charge is 0.497 e. The Hall–Kier alpha value is -2.27. The van der Waals surface area contributed by atoms with Gasteiger partial charge in [-0.1, -0.05) is 31.5 Å². The minimum Gasteiger partial charge on any atom is -0.497 e. The maximum atomic E-state index is 12.3. The number of rotatable bonds is 4. The number of aromatic nitrogens is 1. The molecule has 1 aromatic carbocycles. The number of nitrogens with one attached hydrogen (secondary N) is 2. The second-order valence-electron chi connectivity index (χ2n) is 7.69. The highest BCUT2D eigenvalue weighted by atomic mass is 16.5. The molecule has 2 N–H and O–H groups in total. The molecule has 2 aromatic rings. The quantitative estimate of drug-likeness (QED) is 0.805. The van der Waals surface area contributed by atoms with Crippen molar-refractivity contribution in [2.24, 2.45) is 11.8 Å². The first-order chi connectivity index (χ1) is 13.1. The third kappa shape index (κ3) is 3.14. The van der Waals surface area contributed by atoms with Crippen LogP contribution in [-0.4, -0.2) is 30.7 Å². The van der Waals surface area contributed by atoms with Crippen LogP contribution in [0.25, 0.3) is 10.9 Å². The molecular formula is C22H28N2O3. The van der Waals surface area contributed by atoms with E-state index in [1.807, 2.05) is 0 Å². The van der Waals surface area contributed by atoms with Crippen LogP contribution >= 0.6 is 0 Å². The molecule has 144 valence electrons. The van der Waals surface area contributed by atoms with Crippen LogP contribution in [0.4, 0.5) is 0 Å². The Bertz CT molecular complexity index is 870. The molecule has 0 aliphatic carbocycles. The highest BCUT2D eigenvalue weighted by Gasteiger charge is 2.42. The van der Waals surface area contributed by atoms with E-state index in [0.717, 1.165) is 25.8 Å². The number of benzene rings is 1. The Morgan fingerprint density at radius 3 is 2.93 bits per heavy atom. The second-order valence-corrected chi connectivity index (χ2v) is 7.69. The van der Waals surface area contributed by atoms with Gasteiger partial charge in [-0.05, 0) is 31.4 Å². The Balaban J connectivity index is 1.69. The van der Waals surface area contributed by atoms with E-state index in [1.54, 1.807) is 6.26 Å². The van der Waals surface area contributed by atoms with Gasteiger partial charge >= 0.3 is 5.97 Å².